The molecule has 0 aliphatic heterocycles. The number of fused-ring (bicyclic) bond motifs is 1. The van der Waals surface area contributed by atoms with Crippen molar-refractivity contribution in [3.05, 3.63) is 42.0 Å². The second-order valence-corrected chi connectivity index (χ2v) is 8.85. The summed E-state index contributed by atoms with van der Waals surface area (Å²) in [6, 6.07) is 6.70. The molecule has 1 heterocycles. The Hall–Kier alpha value is -2.81. The van der Waals surface area contributed by atoms with Gasteiger partial charge in [0.1, 0.15) is 16.2 Å². The highest BCUT2D eigenvalue weighted by Gasteiger charge is 2.24. The quantitative estimate of drug-likeness (QED) is 0.684. The number of nitrogens with zero attached hydrogens (tertiary/aromatic N) is 1. The van der Waals surface area contributed by atoms with Gasteiger partial charge in [-0.3, -0.25) is 4.72 Å². The minimum atomic E-state index is -4.21. The number of halogens is 1. The largest absolute Gasteiger partial charge is 0.493 e. The van der Waals surface area contributed by atoms with E-state index >= 15 is 0 Å². The van der Waals surface area contributed by atoms with Crippen LogP contribution < -0.4 is 14.2 Å². The molecule has 0 aliphatic rings. The van der Waals surface area contributed by atoms with Gasteiger partial charge in [-0.1, -0.05) is 20.8 Å². The van der Waals surface area contributed by atoms with E-state index in [9.17, 15) is 12.8 Å². The summed E-state index contributed by atoms with van der Waals surface area (Å²) >= 11 is 0. The first-order valence-corrected chi connectivity index (χ1v) is 9.89. The van der Waals surface area contributed by atoms with Crippen molar-refractivity contribution in [3.63, 3.8) is 0 Å². The van der Waals surface area contributed by atoms with Crippen LogP contribution in [0.4, 0.5) is 10.1 Å². The molecule has 0 radical (unpaired) electrons. The van der Waals surface area contributed by atoms with Crippen molar-refractivity contribution >= 4 is 26.8 Å². The van der Waals surface area contributed by atoms with E-state index in [1.165, 1.54) is 26.4 Å². The van der Waals surface area contributed by atoms with Crippen LogP contribution in [0.5, 0.6) is 11.5 Å². The van der Waals surface area contributed by atoms with Gasteiger partial charge in [0.25, 0.3) is 10.0 Å². The van der Waals surface area contributed by atoms with Gasteiger partial charge in [0, 0.05) is 17.5 Å². The lowest BCUT2D eigenvalue weighted by molar-refractivity contribution is 0.350. The monoisotopic (exact) mass is 408 g/mol. The van der Waals surface area contributed by atoms with E-state index in [0.717, 1.165) is 12.1 Å². The highest BCUT2D eigenvalue weighted by atomic mass is 32.2. The van der Waals surface area contributed by atoms with E-state index in [1.54, 1.807) is 6.07 Å². The molecule has 0 fully saturated rings. The Morgan fingerprint density at radius 3 is 2.32 bits per heavy atom. The van der Waals surface area contributed by atoms with Gasteiger partial charge in [-0.25, -0.2) is 17.8 Å². The van der Waals surface area contributed by atoms with Crippen LogP contribution in [0, 0.1) is 5.82 Å². The number of ether oxygens (including phenoxy) is 2. The summed E-state index contributed by atoms with van der Waals surface area (Å²) in [5.74, 6) is -0.222. The molecular weight excluding hydrogens is 387 g/mol. The Balaban J connectivity index is 1.98. The molecular formula is C19H21FN2O5S. The predicted octanol–water partition coefficient (Wildman–Crippen LogP) is 4.08. The first-order valence-electron chi connectivity index (χ1n) is 8.40. The Labute approximate surface area is 162 Å². The van der Waals surface area contributed by atoms with Crippen molar-refractivity contribution in [2.24, 2.45) is 0 Å². The lowest BCUT2D eigenvalue weighted by Crippen LogP contribution is -2.15. The summed E-state index contributed by atoms with van der Waals surface area (Å²) in [4.78, 5) is 3.85. The zero-order valence-corrected chi connectivity index (χ0v) is 17.0. The van der Waals surface area contributed by atoms with E-state index in [-0.39, 0.29) is 22.6 Å². The third-order valence-corrected chi connectivity index (χ3v) is 5.41. The van der Waals surface area contributed by atoms with Gasteiger partial charge in [-0.2, -0.15) is 0 Å². The number of aromatic nitrogens is 1. The van der Waals surface area contributed by atoms with E-state index in [1.807, 2.05) is 20.8 Å². The molecule has 3 aromatic rings. The van der Waals surface area contributed by atoms with E-state index in [2.05, 4.69) is 9.71 Å². The number of anilines is 1. The van der Waals surface area contributed by atoms with E-state index in [4.69, 9.17) is 13.9 Å². The summed E-state index contributed by atoms with van der Waals surface area (Å²) in [6.07, 6.45) is 0. The summed E-state index contributed by atoms with van der Waals surface area (Å²) < 4.78 is 57.9. The Bertz CT molecular complexity index is 1130. The number of benzene rings is 2. The summed E-state index contributed by atoms with van der Waals surface area (Å²) in [7, 11) is -1.54. The third kappa shape index (κ3) is 3.75. The molecule has 1 N–H and O–H groups in total. The van der Waals surface area contributed by atoms with Crippen molar-refractivity contribution in [2.75, 3.05) is 18.9 Å². The molecule has 150 valence electrons. The van der Waals surface area contributed by atoms with Crippen LogP contribution in [0.1, 0.15) is 26.7 Å². The first-order chi connectivity index (χ1) is 13.0. The number of oxazole rings is 1. The van der Waals surface area contributed by atoms with Gasteiger partial charge < -0.3 is 13.9 Å². The standard InChI is InChI=1S/C19H21FN2O5S/c1-19(2,3)18-21-13-8-11(6-7-14(13)27-18)22-28(23,24)17-10-16(26-5)15(25-4)9-12(17)20/h6-10,22H,1-5H3. The molecule has 28 heavy (non-hydrogen) atoms. The third-order valence-electron chi connectivity index (χ3n) is 4.01. The average molecular weight is 408 g/mol. The smallest absolute Gasteiger partial charge is 0.264 e. The second-order valence-electron chi connectivity index (χ2n) is 7.19. The summed E-state index contributed by atoms with van der Waals surface area (Å²) in [5.41, 5.74) is 0.972. The van der Waals surface area contributed by atoms with Crippen LogP contribution in [-0.4, -0.2) is 27.6 Å². The Kier molecular flexibility index (Phi) is 4.97. The molecule has 3 rings (SSSR count). The van der Waals surface area contributed by atoms with Crippen molar-refractivity contribution in [1.82, 2.24) is 4.98 Å². The summed E-state index contributed by atoms with van der Waals surface area (Å²) in [6.45, 7) is 5.88. The van der Waals surface area contributed by atoms with E-state index < -0.39 is 20.7 Å². The Morgan fingerprint density at radius 2 is 1.71 bits per heavy atom. The van der Waals surface area contributed by atoms with Crippen LogP contribution in [0.2, 0.25) is 0 Å². The topological polar surface area (TPSA) is 90.7 Å². The molecule has 0 atom stereocenters. The number of nitrogens with one attached hydrogen (secondary N) is 1. The highest BCUT2D eigenvalue weighted by Crippen LogP contribution is 2.33. The first kappa shape index (κ1) is 19.9. The zero-order valence-electron chi connectivity index (χ0n) is 16.2. The summed E-state index contributed by atoms with van der Waals surface area (Å²) in [5, 5.41) is 0. The van der Waals surface area contributed by atoms with Crippen LogP contribution in [0.25, 0.3) is 11.1 Å². The molecule has 0 amide bonds. The molecule has 2 aromatic carbocycles. The highest BCUT2D eigenvalue weighted by molar-refractivity contribution is 7.92. The molecule has 0 unspecified atom stereocenters. The SMILES string of the molecule is COc1cc(F)c(S(=O)(=O)Nc2ccc3oc(C(C)(C)C)nc3c2)cc1OC. The zero-order chi connectivity index (χ0) is 20.7. The normalized spacial score (nSPS) is 12.2. The fraction of sp³-hybridized carbons (Fsp3) is 0.316. The van der Waals surface area contributed by atoms with Crippen LogP contribution >= 0.6 is 0 Å². The fourth-order valence-corrected chi connectivity index (χ4v) is 3.69. The van der Waals surface area contributed by atoms with Gasteiger partial charge in [0.2, 0.25) is 5.89 Å². The molecule has 0 aliphatic carbocycles. The van der Waals surface area contributed by atoms with Gasteiger partial charge >= 0.3 is 0 Å². The number of hydrogen-bond donors (Lipinski definition) is 1. The lowest BCUT2D eigenvalue weighted by Gasteiger charge is -2.12. The van der Waals surface area contributed by atoms with Crippen LogP contribution in [0.15, 0.2) is 39.6 Å². The minimum Gasteiger partial charge on any atom is -0.493 e. The van der Waals surface area contributed by atoms with Crippen LogP contribution in [0.3, 0.4) is 0 Å². The van der Waals surface area contributed by atoms with Crippen molar-refractivity contribution in [1.29, 1.82) is 0 Å². The Morgan fingerprint density at radius 1 is 1.07 bits per heavy atom. The van der Waals surface area contributed by atoms with Crippen molar-refractivity contribution in [3.8, 4) is 11.5 Å². The fourth-order valence-electron chi connectivity index (χ4n) is 2.56. The molecule has 0 spiro atoms. The lowest BCUT2D eigenvalue weighted by atomic mass is 9.97. The number of sulfonamides is 1. The number of methoxy groups -OCH3 is 2. The maximum absolute atomic E-state index is 14.4. The van der Waals surface area contributed by atoms with Gasteiger partial charge in [-0.15, -0.1) is 0 Å². The van der Waals surface area contributed by atoms with Crippen LogP contribution in [-0.2, 0) is 15.4 Å². The van der Waals surface area contributed by atoms with Gasteiger partial charge in [-0.05, 0) is 18.2 Å². The van der Waals surface area contributed by atoms with Gasteiger partial charge in [0.15, 0.2) is 17.1 Å². The maximum atomic E-state index is 14.4. The molecule has 0 saturated heterocycles. The molecule has 0 bridgehead atoms. The van der Waals surface area contributed by atoms with Gasteiger partial charge in [0.05, 0.1) is 19.9 Å². The number of hydrogen-bond acceptors (Lipinski definition) is 6. The molecule has 0 saturated carbocycles. The minimum absolute atomic E-state index is 0.0951. The average Bonchev–Trinajstić information content (AvgIpc) is 3.04. The predicted molar refractivity (Wildman–Crippen MR) is 103 cm³/mol. The molecule has 7 nitrogen and oxygen atoms in total. The second kappa shape index (κ2) is 6.97. The van der Waals surface area contributed by atoms with Crippen molar-refractivity contribution < 1.29 is 26.7 Å². The maximum Gasteiger partial charge on any atom is 0.264 e. The van der Waals surface area contributed by atoms with Crippen molar-refractivity contribution in [2.45, 2.75) is 31.1 Å². The molecule has 1 aromatic heterocycles. The molecule has 9 heteroatoms. The van der Waals surface area contributed by atoms with E-state index in [0.29, 0.717) is 17.0 Å². The number of rotatable bonds is 5.